The number of fused-ring (bicyclic) bond motifs is 1. The second-order valence-electron chi connectivity index (χ2n) is 5.00. The second kappa shape index (κ2) is 6.12. The molecular weight excluding hydrogens is 300 g/mol. The van der Waals surface area contributed by atoms with Crippen molar-refractivity contribution in [3.63, 3.8) is 0 Å². The highest BCUT2D eigenvalue weighted by molar-refractivity contribution is 5.73. The first-order valence-corrected chi connectivity index (χ1v) is 7.26. The van der Waals surface area contributed by atoms with Gasteiger partial charge in [0.1, 0.15) is 0 Å². The molecule has 1 unspecified atom stereocenters. The van der Waals surface area contributed by atoms with E-state index in [0.29, 0.717) is 17.2 Å². The molecule has 23 heavy (non-hydrogen) atoms. The van der Waals surface area contributed by atoms with Gasteiger partial charge in [-0.2, -0.15) is 5.10 Å². The van der Waals surface area contributed by atoms with Crippen LogP contribution in [-0.2, 0) is 9.53 Å². The third-order valence-electron chi connectivity index (χ3n) is 3.49. The van der Waals surface area contributed by atoms with Crippen LogP contribution < -0.4 is 15.0 Å². The van der Waals surface area contributed by atoms with Crippen molar-refractivity contribution in [1.82, 2.24) is 9.78 Å². The average molecular weight is 316 g/mol. The van der Waals surface area contributed by atoms with Crippen molar-refractivity contribution in [1.29, 1.82) is 0 Å². The largest absolute Gasteiger partial charge is 0.464 e. The Morgan fingerprint density at radius 2 is 2.09 bits per heavy atom. The van der Waals surface area contributed by atoms with Crippen molar-refractivity contribution in [3.05, 3.63) is 40.7 Å². The van der Waals surface area contributed by atoms with Crippen LogP contribution in [0.25, 0.3) is 11.3 Å². The lowest BCUT2D eigenvalue weighted by Gasteiger charge is -2.13. The molecule has 120 valence electrons. The summed E-state index contributed by atoms with van der Waals surface area (Å²) in [7, 11) is 0. The van der Waals surface area contributed by atoms with Crippen molar-refractivity contribution in [3.8, 4) is 22.8 Å². The minimum absolute atomic E-state index is 0.186. The summed E-state index contributed by atoms with van der Waals surface area (Å²) in [5.41, 5.74) is 0.952. The Morgan fingerprint density at radius 1 is 1.30 bits per heavy atom. The molecule has 2 heterocycles. The summed E-state index contributed by atoms with van der Waals surface area (Å²) in [6, 6.07) is 7.57. The van der Waals surface area contributed by atoms with Gasteiger partial charge in [0, 0.05) is 11.6 Å². The second-order valence-corrected chi connectivity index (χ2v) is 5.00. The Morgan fingerprint density at radius 3 is 2.87 bits per heavy atom. The van der Waals surface area contributed by atoms with E-state index in [1.165, 1.54) is 6.07 Å². The number of aromatic nitrogens is 2. The van der Waals surface area contributed by atoms with Crippen LogP contribution in [0.3, 0.4) is 0 Å². The molecule has 0 aliphatic carbocycles. The third kappa shape index (κ3) is 2.90. The molecule has 3 rings (SSSR count). The van der Waals surface area contributed by atoms with Crippen LogP contribution in [0.4, 0.5) is 0 Å². The number of nitrogens with zero attached hydrogens (tertiary/aromatic N) is 2. The molecule has 0 spiro atoms. The molecule has 0 bridgehead atoms. The Hall–Kier alpha value is -2.83. The summed E-state index contributed by atoms with van der Waals surface area (Å²) in [5.74, 6) is 0.799. The minimum atomic E-state index is -0.795. The third-order valence-corrected chi connectivity index (χ3v) is 3.49. The van der Waals surface area contributed by atoms with Crippen molar-refractivity contribution in [2.24, 2.45) is 0 Å². The molecule has 1 aromatic carbocycles. The maximum Gasteiger partial charge on any atom is 0.330 e. The number of carbonyl (C=O) groups excluding carboxylic acids is 1. The SMILES string of the molecule is CCOC(=O)C(C)n1nc(-c2ccc3c(c2)OCO3)ccc1=O. The van der Waals surface area contributed by atoms with E-state index in [9.17, 15) is 9.59 Å². The smallest absolute Gasteiger partial charge is 0.330 e. The summed E-state index contributed by atoms with van der Waals surface area (Å²) in [6.07, 6.45) is 0. The van der Waals surface area contributed by atoms with Gasteiger partial charge in [-0.3, -0.25) is 4.79 Å². The topological polar surface area (TPSA) is 79.7 Å². The summed E-state index contributed by atoms with van der Waals surface area (Å²) in [6.45, 7) is 3.73. The fourth-order valence-corrected chi connectivity index (χ4v) is 2.28. The van der Waals surface area contributed by atoms with Gasteiger partial charge in [-0.15, -0.1) is 0 Å². The maximum absolute atomic E-state index is 12.0. The van der Waals surface area contributed by atoms with E-state index in [4.69, 9.17) is 14.2 Å². The lowest BCUT2D eigenvalue weighted by molar-refractivity contribution is -0.147. The van der Waals surface area contributed by atoms with Crippen molar-refractivity contribution >= 4 is 5.97 Å². The van der Waals surface area contributed by atoms with E-state index in [1.807, 2.05) is 6.07 Å². The average Bonchev–Trinajstić information content (AvgIpc) is 3.02. The standard InChI is InChI=1S/C16H16N2O5/c1-3-21-16(20)10(2)18-15(19)7-5-12(17-18)11-4-6-13-14(8-11)23-9-22-13/h4-8,10H,3,9H2,1-2H3. The molecule has 7 heteroatoms. The monoisotopic (exact) mass is 316 g/mol. The normalized spacial score (nSPS) is 13.7. The van der Waals surface area contributed by atoms with Crippen LogP contribution in [0.15, 0.2) is 35.1 Å². The molecule has 2 aromatic rings. The minimum Gasteiger partial charge on any atom is -0.464 e. The number of ether oxygens (including phenoxy) is 3. The molecule has 0 fully saturated rings. The summed E-state index contributed by atoms with van der Waals surface area (Å²) in [5, 5.41) is 4.28. The van der Waals surface area contributed by atoms with Crippen LogP contribution >= 0.6 is 0 Å². The number of rotatable bonds is 4. The van der Waals surface area contributed by atoms with E-state index in [0.717, 1.165) is 10.2 Å². The molecule has 0 radical (unpaired) electrons. The van der Waals surface area contributed by atoms with Gasteiger partial charge in [-0.25, -0.2) is 9.48 Å². The predicted molar refractivity (Wildman–Crippen MR) is 81.4 cm³/mol. The number of benzene rings is 1. The van der Waals surface area contributed by atoms with Crippen LogP contribution in [0.2, 0.25) is 0 Å². The number of esters is 1. The van der Waals surface area contributed by atoms with Gasteiger partial charge in [0.25, 0.3) is 5.56 Å². The zero-order valence-corrected chi connectivity index (χ0v) is 12.8. The van der Waals surface area contributed by atoms with E-state index in [-0.39, 0.29) is 19.0 Å². The van der Waals surface area contributed by atoms with Crippen LogP contribution in [-0.4, -0.2) is 29.1 Å². The Labute approximate surface area is 132 Å². The number of hydrogen-bond donors (Lipinski definition) is 0. The van der Waals surface area contributed by atoms with Gasteiger partial charge in [0.2, 0.25) is 6.79 Å². The maximum atomic E-state index is 12.0. The zero-order chi connectivity index (χ0) is 16.4. The van der Waals surface area contributed by atoms with E-state index >= 15 is 0 Å². The van der Waals surface area contributed by atoms with Gasteiger partial charge in [0.05, 0.1) is 12.3 Å². The van der Waals surface area contributed by atoms with Crippen molar-refractivity contribution < 1.29 is 19.0 Å². The molecule has 7 nitrogen and oxygen atoms in total. The predicted octanol–water partition coefficient (Wildman–Crippen LogP) is 1.76. The quantitative estimate of drug-likeness (QED) is 0.800. The van der Waals surface area contributed by atoms with Gasteiger partial charge < -0.3 is 14.2 Å². The number of hydrogen-bond acceptors (Lipinski definition) is 6. The molecule has 0 amide bonds. The lowest BCUT2D eigenvalue weighted by Crippen LogP contribution is -2.31. The Kier molecular flexibility index (Phi) is 4.01. The molecule has 0 saturated heterocycles. The van der Waals surface area contributed by atoms with Crippen molar-refractivity contribution in [2.75, 3.05) is 13.4 Å². The van der Waals surface area contributed by atoms with Gasteiger partial charge in [-0.05, 0) is 38.1 Å². The van der Waals surface area contributed by atoms with Crippen LogP contribution in [0.5, 0.6) is 11.5 Å². The molecule has 1 aliphatic heterocycles. The van der Waals surface area contributed by atoms with Gasteiger partial charge in [-0.1, -0.05) is 0 Å². The first kappa shape index (κ1) is 15.1. The Balaban J connectivity index is 1.97. The van der Waals surface area contributed by atoms with Crippen LogP contribution in [0, 0.1) is 0 Å². The number of carbonyl (C=O) groups is 1. The fourth-order valence-electron chi connectivity index (χ4n) is 2.28. The molecule has 0 N–H and O–H groups in total. The molecular formula is C16H16N2O5. The Bertz CT molecular complexity index is 799. The van der Waals surface area contributed by atoms with E-state index < -0.39 is 12.0 Å². The molecule has 0 saturated carbocycles. The molecule has 1 aliphatic rings. The first-order chi connectivity index (χ1) is 11.1. The summed E-state index contributed by atoms with van der Waals surface area (Å²) < 4.78 is 16.7. The highest BCUT2D eigenvalue weighted by atomic mass is 16.7. The van der Waals surface area contributed by atoms with Gasteiger partial charge >= 0.3 is 5.97 Å². The summed E-state index contributed by atoms with van der Waals surface area (Å²) >= 11 is 0. The highest BCUT2D eigenvalue weighted by Crippen LogP contribution is 2.35. The molecule has 1 atom stereocenters. The van der Waals surface area contributed by atoms with E-state index in [2.05, 4.69) is 5.10 Å². The van der Waals surface area contributed by atoms with Crippen LogP contribution in [0.1, 0.15) is 19.9 Å². The molecule has 1 aromatic heterocycles. The van der Waals surface area contributed by atoms with Gasteiger partial charge in [0.15, 0.2) is 17.5 Å². The lowest BCUT2D eigenvalue weighted by atomic mass is 10.1. The first-order valence-electron chi connectivity index (χ1n) is 7.26. The van der Waals surface area contributed by atoms with Crippen molar-refractivity contribution in [2.45, 2.75) is 19.9 Å². The zero-order valence-electron chi connectivity index (χ0n) is 12.8. The fraction of sp³-hybridized carbons (Fsp3) is 0.312. The highest BCUT2D eigenvalue weighted by Gasteiger charge is 2.20. The van der Waals surface area contributed by atoms with E-state index in [1.54, 1.807) is 32.0 Å². The summed E-state index contributed by atoms with van der Waals surface area (Å²) in [4.78, 5) is 23.8.